The molecule has 8 heteroatoms. The molecule has 0 saturated carbocycles. The average Bonchev–Trinajstić information content (AvgIpc) is 2.55. The van der Waals surface area contributed by atoms with Crippen molar-refractivity contribution in [2.75, 3.05) is 32.0 Å². The number of halogens is 2. The lowest BCUT2D eigenvalue weighted by Crippen LogP contribution is -2.47. The predicted molar refractivity (Wildman–Crippen MR) is 97.6 cm³/mol. The highest BCUT2D eigenvalue weighted by Gasteiger charge is 2.21. The molecular weight excluding hydrogens is 371 g/mol. The lowest BCUT2D eigenvalue weighted by Gasteiger charge is -2.33. The molecule has 132 valence electrons. The van der Waals surface area contributed by atoms with Crippen molar-refractivity contribution in [3.63, 3.8) is 0 Å². The number of benzene rings is 1. The SMILES string of the molecule is CC(=O)SCC(=O)NC[C@H]1CN(Cc2ccc(Cl)c(Cl)c2)CCO1. The summed E-state index contributed by atoms with van der Waals surface area (Å²) in [5.41, 5.74) is 1.09. The molecule has 1 atom stereocenters. The monoisotopic (exact) mass is 390 g/mol. The van der Waals surface area contributed by atoms with Crippen molar-refractivity contribution in [1.82, 2.24) is 10.2 Å². The van der Waals surface area contributed by atoms with E-state index in [1.165, 1.54) is 6.92 Å². The fraction of sp³-hybridized carbons (Fsp3) is 0.500. The number of hydrogen-bond donors (Lipinski definition) is 1. The van der Waals surface area contributed by atoms with Crippen LogP contribution in [-0.4, -0.2) is 54.0 Å². The topological polar surface area (TPSA) is 58.6 Å². The third kappa shape index (κ3) is 6.61. The van der Waals surface area contributed by atoms with E-state index in [0.717, 1.165) is 37.0 Å². The van der Waals surface area contributed by atoms with Gasteiger partial charge in [-0.15, -0.1) is 0 Å². The Bertz CT molecular complexity index is 601. The van der Waals surface area contributed by atoms with E-state index >= 15 is 0 Å². The van der Waals surface area contributed by atoms with Crippen LogP contribution in [0.15, 0.2) is 18.2 Å². The molecule has 0 unspecified atom stereocenters. The zero-order chi connectivity index (χ0) is 17.5. The number of hydrogen-bond acceptors (Lipinski definition) is 5. The fourth-order valence-electron chi connectivity index (χ4n) is 2.39. The number of morpholine rings is 1. The Morgan fingerprint density at radius 3 is 2.88 bits per heavy atom. The number of nitrogens with one attached hydrogen (secondary N) is 1. The van der Waals surface area contributed by atoms with Crippen molar-refractivity contribution in [2.24, 2.45) is 0 Å². The van der Waals surface area contributed by atoms with Crippen LogP contribution in [-0.2, 0) is 20.9 Å². The van der Waals surface area contributed by atoms with Crippen molar-refractivity contribution >= 4 is 46.0 Å². The van der Waals surface area contributed by atoms with Crippen LogP contribution >= 0.6 is 35.0 Å². The third-order valence-electron chi connectivity index (χ3n) is 3.55. The molecule has 2 rings (SSSR count). The molecule has 1 N–H and O–H groups in total. The molecule has 1 fully saturated rings. The molecule has 1 aliphatic heterocycles. The normalized spacial score (nSPS) is 18.4. The minimum atomic E-state index is -0.152. The van der Waals surface area contributed by atoms with Gasteiger partial charge in [-0.2, -0.15) is 0 Å². The Morgan fingerprint density at radius 1 is 1.38 bits per heavy atom. The van der Waals surface area contributed by atoms with Gasteiger partial charge >= 0.3 is 0 Å². The van der Waals surface area contributed by atoms with Gasteiger partial charge in [0.15, 0.2) is 5.12 Å². The Hall–Kier alpha value is -0.790. The van der Waals surface area contributed by atoms with Crippen molar-refractivity contribution in [3.8, 4) is 0 Å². The van der Waals surface area contributed by atoms with Crippen LogP contribution < -0.4 is 5.32 Å². The van der Waals surface area contributed by atoms with E-state index in [1.54, 1.807) is 6.07 Å². The van der Waals surface area contributed by atoms with Crippen molar-refractivity contribution in [2.45, 2.75) is 19.6 Å². The van der Waals surface area contributed by atoms with E-state index in [9.17, 15) is 9.59 Å². The highest BCUT2D eigenvalue weighted by molar-refractivity contribution is 8.14. The number of amides is 1. The largest absolute Gasteiger partial charge is 0.374 e. The molecular formula is C16H20Cl2N2O3S. The van der Waals surface area contributed by atoms with Crippen molar-refractivity contribution in [3.05, 3.63) is 33.8 Å². The van der Waals surface area contributed by atoms with Crippen molar-refractivity contribution < 1.29 is 14.3 Å². The van der Waals surface area contributed by atoms with E-state index < -0.39 is 0 Å². The van der Waals surface area contributed by atoms with Crippen LogP contribution in [0.5, 0.6) is 0 Å². The molecule has 1 aliphatic rings. The first-order valence-corrected chi connectivity index (χ1v) is 9.36. The maximum atomic E-state index is 11.7. The molecule has 1 aromatic carbocycles. The standard InChI is InChI=1S/C16H20Cl2N2O3S/c1-11(21)24-10-16(22)19-7-13-9-20(4-5-23-13)8-12-2-3-14(17)15(18)6-12/h2-3,6,13H,4-5,7-10H2,1H3,(H,19,22)/t13-/m0/s1. The quantitative estimate of drug-likeness (QED) is 0.808. The van der Waals surface area contributed by atoms with Crippen molar-refractivity contribution in [1.29, 1.82) is 0 Å². The summed E-state index contributed by atoms with van der Waals surface area (Å²) in [6.45, 7) is 4.80. The van der Waals surface area contributed by atoms with Crippen LogP contribution in [0, 0.1) is 0 Å². The van der Waals surface area contributed by atoms with E-state index in [4.69, 9.17) is 27.9 Å². The molecule has 1 amide bonds. The molecule has 1 aromatic rings. The van der Waals surface area contributed by atoms with Crippen LogP contribution in [0.4, 0.5) is 0 Å². The van der Waals surface area contributed by atoms with Gasteiger partial charge in [-0.25, -0.2) is 0 Å². The average molecular weight is 391 g/mol. The molecule has 0 spiro atoms. The summed E-state index contributed by atoms with van der Waals surface area (Å²) in [5, 5.41) is 3.84. The fourth-order valence-corrected chi connectivity index (χ4v) is 3.15. The second kappa shape index (κ2) is 9.63. The smallest absolute Gasteiger partial charge is 0.230 e. The molecule has 5 nitrogen and oxygen atoms in total. The Labute approximate surface area is 156 Å². The summed E-state index contributed by atoms with van der Waals surface area (Å²) in [5.74, 6) is -0.00454. The zero-order valence-electron chi connectivity index (χ0n) is 13.4. The maximum absolute atomic E-state index is 11.7. The van der Waals surface area contributed by atoms with Gasteiger partial charge in [-0.05, 0) is 17.7 Å². The number of thioether (sulfide) groups is 1. The first-order chi connectivity index (χ1) is 11.4. The lowest BCUT2D eigenvalue weighted by atomic mass is 10.2. The highest BCUT2D eigenvalue weighted by atomic mass is 35.5. The summed E-state index contributed by atoms with van der Waals surface area (Å²) in [7, 11) is 0. The van der Waals surface area contributed by atoms with Gasteiger partial charge < -0.3 is 10.1 Å². The van der Waals surface area contributed by atoms with Gasteiger partial charge in [-0.3, -0.25) is 14.5 Å². The molecule has 1 saturated heterocycles. The summed E-state index contributed by atoms with van der Waals surface area (Å²) in [4.78, 5) is 24.8. The summed E-state index contributed by atoms with van der Waals surface area (Å²) in [6.07, 6.45) is -0.0622. The van der Waals surface area contributed by atoms with Crippen LogP contribution in [0.3, 0.4) is 0 Å². The Balaban J connectivity index is 1.77. The molecule has 0 bridgehead atoms. The maximum Gasteiger partial charge on any atom is 0.230 e. The summed E-state index contributed by atoms with van der Waals surface area (Å²) in [6, 6.07) is 5.62. The van der Waals surface area contributed by atoms with Gasteiger partial charge in [0.05, 0.1) is 28.5 Å². The number of rotatable bonds is 6. The molecule has 1 heterocycles. The third-order valence-corrected chi connectivity index (χ3v) is 5.10. The Morgan fingerprint density at radius 2 is 2.17 bits per heavy atom. The van der Waals surface area contributed by atoms with Crippen LogP contribution in [0.1, 0.15) is 12.5 Å². The first kappa shape index (κ1) is 19.5. The second-order valence-corrected chi connectivity index (χ2v) is 7.53. The van der Waals surface area contributed by atoms with Crippen LogP contribution in [0.2, 0.25) is 10.0 Å². The molecule has 0 aliphatic carbocycles. The van der Waals surface area contributed by atoms with Gasteiger partial charge in [0, 0.05) is 33.1 Å². The number of carbonyl (C=O) groups is 2. The van der Waals surface area contributed by atoms with Gasteiger partial charge in [-0.1, -0.05) is 41.0 Å². The molecule has 24 heavy (non-hydrogen) atoms. The van der Waals surface area contributed by atoms with Crippen LogP contribution in [0.25, 0.3) is 0 Å². The number of carbonyl (C=O) groups excluding carboxylic acids is 2. The molecule has 0 aromatic heterocycles. The van der Waals surface area contributed by atoms with E-state index in [1.807, 2.05) is 12.1 Å². The predicted octanol–water partition coefficient (Wildman–Crippen LogP) is 2.59. The first-order valence-electron chi connectivity index (χ1n) is 7.62. The Kier molecular flexibility index (Phi) is 7.84. The minimum Gasteiger partial charge on any atom is -0.374 e. The van der Waals surface area contributed by atoms with Gasteiger partial charge in [0.25, 0.3) is 0 Å². The van der Waals surface area contributed by atoms with E-state index in [0.29, 0.717) is 23.2 Å². The number of nitrogens with zero attached hydrogens (tertiary/aromatic N) is 1. The lowest BCUT2D eigenvalue weighted by molar-refractivity contribution is -0.120. The molecule has 0 radical (unpaired) electrons. The summed E-state index contributed by atoms with van der Waals surface area (Å²) >= 11 is 13.0. The second-order valence-electron chi connectivity index (χ2n) is 5.56. The van der Waals surface area contributed by atoms with E-state index in [-0.39, 0.29) is 22.9 Å². The zero-order valence-corrected chi connectivity index (χ0v) is 15.7. The minimum absolute atomic E-state index is 0.0622. The summed E-state index contributed by atoms with van der Waals surface area (Å²) < 4.78 is 5.69. The van der Waals surface area contributed by atoms with Gasteiger partial charge in [0.1, 0.15) is 0 Å². The highest BCUT2D eigenvalue weighted by Crippen LogP contribution is 2.23. The van der Waals surface area contributed by atoms with Gasteiger partial charge in [0.2, 0.25) is 5.91 Å². The van der Waals surface area contributed by atoms with E-state index in [2.05, 4.69) is 10.2 Å². The number of ether oxygens (including phenoxy) is 1.